The molecule has 0 fully saturated rings. The molecule has 2 N–H and O–H groups in total. The van der Waals surface area contributed by atoms with Gasteiger partial charge in [-0.3, -0.25) is 4.98 Å². The third kappa shape index (κ3) is 3.59. The first kappa shape index (κ1) is 17.7. The Kier molecular flexibility index (Phi) is 4.92. The van der Waals surface area contributed by atoms with Crippen LogP contribution in [0.25, 0.3) is 28.0 Å². The summed E-state index contributed by atoms with van der Waals surface area (Å²) in [6.07, 6.45) is 3.92. The third-order valence-electron chi connectivity index (χ3n) is 4.45. The number of rotatable bonds is 5. The molecule has 0 saturated carbocycles. The van der Waals surface area contributed by atoms with Crippen molar-refractivity contribution in [3.63, 3.8) is 0 Å². The lowest BCUT2D eigenvalue weighted by atomic mass is 10.1. The molecule has 0 aliphatic heterocycles. The van der Waals surface area contributed by atoms with Crippen LogP contribution in [0.3, 0.4) is 0 Å². The molecule has 3 heterocycles. The number of aryl methyl sites for hydroxylation is 1. The molecule has 0 aliphatic rings. The van der Waals surface area contributed by atoms with Gasteiger partial charge >= 0.3 is 0 Å². The zero-order valence-corrected chi connectivity index (χ0v) is 16.1. The molecule has 0 spiro atoms. The van der Waals surface area contributed by atoms with Crippen molar-refractivity contribution in [2.45, 2.75) is 13.0 Å². The summed E-state index contributed by atoms with van der Waals surface area (Å²) in [6.45, 7) is 1.98. The fraction of sp³-hybridized carbons (Fsp3) is 0.190. The van der Waals surface area contributed by atoms with Gasteiger partial charge in [0.2, 0.25) is 0 Å². The molecule has 3 aromatic heterocycles. The Balaban J connectivity index is 1.78. The van der Waals surface area contributed by atoms with Gasteiger partial charge in [-0.2, -0.15) is 16.9 Å². The Morgan fingerprint density at radius 3 is 2.74 bits per heavy atom. The molecule has 1 atom stereocenters. The zero-order valence-electron chi connectivity index (χ0n) is 15.3. The lowest BCUT2D eigenvalue weighted by molar-refractivity contribution is 0.795. The van der Waals surface area contributed by atoms with Gasteiger partial charge in [0.1, 0.15) is 0 Å². The molecule has 4 aromatic rings. The molecule has 0 bridgehead atoms. The fourth-order valence-electron chi connectivity index (χ4n) is 3.09. The van der Waals surface area contributed by atoms with Crippen molar-refractivity contribution >= 4 is 22.7 Å². The predicted octanol–water partition coefficient (Wildman–Crippen LogP) is 4.15. The molecule has 27 heavy (non-hydrogen) atoms. The number of aromatic nitrogens is 4. The van der Waals surface area contributed by atoms with Crippen LogP contribution in [0.5, 0.6) is 0 Å². The van der Waals surface area contributed by atoms with Crippen molar-refractivity contribution in [1.29, 1.82) is 0 Å². The Morgan fingerprint density at radius 1 is 1.07 bits per heavy atom. The summed E-state index contributed by atoms with van der Waals surface area (Å²) in [7, 11) is 0. The Morgan fingerprint density at radius 2 is 1.93 bits per heavy atom. The summed E-state index contributed by atoms with van der Waals surface area (Å²) in [5, 5.41) is 5.59. The highest BCUT2D eigenvalue weighted by atomic mass is 32.2. The van der Waals surface area contributed by atoms with Crippen molar-refractivity contribution < 1.29 is 0 Å². The van der Waals surface area contributed by atoms with E-state index in [1.165, 1.54) is 0 Å². The second-order valence-electron chi connectivity index (χ2n) is 6.48. The van der Waals surface area contributed by atoms with Crippen molar-refractivity contribution in [1.82, 2.24) is 19.7 Å². The van der Waals surface area contributed by atoms with E-state index in [0.717, 1.165) is 45.1 Å². The van der Waals surface area contributed by atoms with E-state index in [4.69, 9.17) is 10.7 Å². The van der Waals surface area contributed by atoms with Gasteiger partial charge in [-0.15, -0.1) is 0 Å². The maximum atomic E-state index is 6.24. The normalized spacial score (nSPS) is 12.4. The highest BCUT2D eigenvalue weighted by molar-refractivity contribution is 7.98. The number of benzene rings is 1. The number of nitrogens with two attached hydrogens (primary N) is 1. The average Bonchev–Trinajstić information content (AvgIpc) is 3.11. The van der Waals surface area contributed by atoms with Gasteiger partial charge in [0, 0.05) is 22.4 Å². The van der Waals surface area contributed by atoms with E-state index in [1.54, 1.807) is 11.8 Å². The Labute approximate surface area is 162 Å². The number of thioether (sulfide) groups is 1. The van der Waals surface area contributed by atoms with Gasteiger partial charge in [-0.05, 0) is 43.5 Å². The maximum Gasteiger partial charge on any atom is 0.154 e. The molecule has 4 rings (SSSR count). The van der Waals surface area contributed by atoms with Crippen molar-refractivity contribution in [3.8, 4) is 17.1 Å². The minimum absolute atomic E-state index is 0.0642. The highest BCUT2D eigenvalue weighted by Gasteiger charge is 2.11. The molecule has 0 saturated heterocycles. The SMILES string of the molecule is CSCC(N)c1cccc(-c2ccc3cnn(-c4cccc(C)n4)c3c2)n1. The van der Waals surface area contributed by atoms with Crippen LogP contribution in [0.2, 0.25) is 0 Å². The lowest BCUT2D eigenvalue weighted by Gasteiger charge is -2.11. The Hall–Kier alpha value is -2.70. The van der Waals surface area contributed by atoms with Crippen LogP contribution in [-0.4, -0.2) is 31.8 Å². The third-order valence-corrected chi connectivity index (χ3v) is 5.15. The van der Waals surface area contributed by atoms with Crippen LogP contribution in [-0.2, 0) is 0 Å². The molecule has 6 heteroatoms. The van der Waals surface area contributed by atoms with Gasteiger partial charge in [0.15, 0.2) is 5.82 Å². The van der Waals surface area contributed by atoms with E-state index < -0.39 is 0 Å². The average molecular weight is 376 g/mol. The number of pyridine rings is 2. The maximum absolute atomic E-state index is 6.24. The van der Waals surface area contributed by atoms with E-state index >= 15 is 0 Å². The van der Waals surface area contributed by atoms with Crippen LogP contribution in [0.15, 0.2) is 60.8 Å². The highest BCUT2D eigenvalue weighted by Crippen LogP contribution is 2.26. The smallest absolute Gasteiger partial charge is 0.154 e. The molecule has 0 aliphatic carbocycles. The molecular weight excluding hydrogens is 354 g/mol. The van der Waals surface area contributed by atoms with E-state index in [-0.39, 0.29) is 6.04 Å². The predicted molar refractivity (Wildman–Crippen MR) is 112 cm³/mol. The van der Waals surface area contributed by atoms with E-state index in [9.17, 15) is 0 Å². The van der Waals surface area contributed by atoms with Crippen molar-refractivity contribution in [2.75, 3.05) is 12.0 Å². The first-order chi connectivity index (χ1) is 13.2. The van der Waals surface area contributed by atoms with Crippen LogP contribution in [0, 0.1) is 6.92 Å². The summed E-state index contributed by atoms with van der Waals surface area (Å²) in [6, 6.07) is 18.1. The first-order valence-corrected chi connectivity index (χ1v) is 10.2. The fourth-order valence-corrected chi connectivity index (χ4v) is 3.62. The summed E-state index contributed by atoms with van der Waals surface area (Å²) in [5.74, 6) is 1.66. The quantitative estimate of drug-likeness (QED) is 0.567. The second-order valence-corrected chi connectivity index (χ2v) is 7.39. The minimum atomic E-state index is -0.0642. The lowest BCUT2D eigenvalue weighted by Crippen LogP contribution is -2.14. The minimum Gasteiger partial charge on any atom is -0.322 e. The van der Waals surface area contributed by atoms with Gasteiger partial charge in [0.25, 0.3) is 0 Å². The van der Waals surface area contributed by atoms with Gasteiger partial charge in [0.05, 0.1) is 29.1 Å². The second kappa shape index (κ2) is 7.50. The molecule has 1 unspecified atom stereocenters. The molecule has 136 valence electrons. The number of hydrogen-bond acceptors (Lipinski definition) is 5. The van der Waals surface area contributed by atoms with E-state index in [1.807, 2.05) is 54.2 Å². The van der Waals surface area contributed by atoms with Gasteiger partial charge in [-0.25, -0.2) is 9.67 Å². The first-order valence-electron chi connectivity index (χ1n) is 8.79. The zero-order chi connectivity index (χ0) is 18.8. The van der Waals surface area contributed by atoms with Crippen LogP contribution in [0.1, 0.15) is 17.4 Å². The van der Waals surface area contributed by atoms with E-state index in [2.05, 4.69) is 34.5 Å². The largest absolute Gasteiger partial charge is 0.322 e. The van der Waals surface area contributed by atoms with Crippen molar-refractivity contribution in [2.24, 2.45) is 5.73 Å². The number of fused-ring (bicyclic) bond motifs is 1. The van der Waals surface area contributed by atoms with Crippen LogP contribution < -0.4 is 5.73 Å². The standard InChI is InChI=1S/C21H21N5S/c1-14-5-3-8-21(24-14)26-20-11-15(9-10-16(20)12-23-26)18-6-4-7-19(25-18)17(22)13-27-2/h3-12,17H,13,22H2,1-2H3. The number of hydrogen-bond donors (Lipinski definition) is 1. The summed E-state index contributed by atoms with van der Waals surface area (Å²) < 4.78 is 1.87. The topological polar surface area (TPSA) is 69.6 Å². The molecule has 5 nitrogen and oxygen atoms in total. The summed E-state index contributed by atoms with van der Waals surface area (Å²) in [4.78, 5) is 9.38. The molecule has 0 amide bonds. The Bertz CT molecular complexity index is 1090. The van der Waals surface area contributed by atoms with Gasteiger partial charge in [-0.1, -0.05) is 24.3 Å². The monoisotopic (exact) mass is 375 g/mol. The van der Waals surface area contributed by atoms with Crippen molar-refractivity contribution in [3.05, 3.63) is 72.2 Å². The van der Waals surface area contributed by atoms with Gasteiger partial charge < -0.3 is 5.73 Å². The summed E-state index contributed by atoms with van der Waals surface area (Å²) in [5.41, 5.74) is 11.1. The summed E-state index contributed by atoms with van der Waals surface area (Å²) >= 11 is 1.73. The van der Waals surface area contributed by atoms with Crippen LogP contribution in [0.4, 0.5) is 0 Å². The number of nitrogens with zero attached hydrogens (tertiary/aromatic N) is 4. The molecule has 1 aromatic carbocycles. The van der Waals surface area contributed by atoms with Crippen LogP contribution >= 0.6 is 11.8 Å². The van der Waals surface area contributed by atoms with E-state index in [0.29, 0.717) is 0 Å². The molecular formula is C21H21N5S. The molecule has 0 radical (unpaired) electrons.